The van der Waals surface area contributed by atoms with Crippen LogP contribution in [0.25, 0.3) is 0 Å². The van der Waals surface area contributed by atoms with E-state index in [9.17, 15) is 4.79 Å². The average Bonchev–Trinajstić information content (AvgIpc) is 2.40. The lowest BCUT2D eigenvalue weighted by atomic mass is 10.2. The minimum atomic E-state index is 0.107. The molecule has 0 atom stereocenters. The molecule has 0 amide bonds. The minimum Gasteiger partial charge on any atom is -0.330 e. The summed E-state index contributed by atoms with van der Waals surface area (Å²) in [5.74, 6) is 1.02. The number of Topliss-reactive ketones (excluding diaryl/α,β-unsaturated/α-hetero) is 1. The number of carbonyl (C=O) groups is 1. The molecule has 0 saturated carbocycles. The highest BCUT2D eigenvalue weighted by atomic mass is 32.2. The van der Waals surface area contributed by atoms with E-state index in [-0.39, 0.29) is 5.78 Å². The van der Waals surface area contributed by atoms with E-state index in [1.807, 2.05) is 24.3 Å². The maximum absolute atomic E-state index is 10.9. The lowest BCUT2D eigenvalue weighted by Gasteiger charge is -2.00. The highest BCUT2D eigenvalue weighted by molar-refractivity contribution is 7.99. The molecule has 0 radical (unpaired) electrons. The largest absolute Gasteiger partial charge is 0.330 e. The maximum Gasteiger partial charge on any atom is 0.159 e. The molecule has 18 heavy (non-hydrogen) atoms. The van der Waals surface area contributed by atoms with Crippen molar-refractivity contribution in [1.82, 2.24) is 0 Å². The summed E-state index contributed by atoms with van der Waals surface area (Å²) in [6.45, 7) is 9.00. The normalized spacial score (nSPS) is 8.44. The molecule has 0 saturated heterocycles. The van der Waals surface area contributed by atoms with Gasteiger partial charge in [-0.15, -0.1) is 11.8 Å². The molecular formula is C14H24N2OS. The van der Waals surface area contributed by atoms with Crippen LogP contribution in [0.15, 0.2) is 29.2 Å². The Bertz CT molecular complexity index is 312. The third-order valence-electron chi connectivity index (χ3n) is 1.65. The molecule has 102 valence electrons. The Hall–Kier alpha value is -1.13. The number of rotatable bonds is 4. The van der Waals surface area contributed by atoms with Gasteiger partial charge in [0.05, 0.1) is 0 Å². The quantitative estimate of drug-likeness (QED) is 0.498. The van der Waals surface area contributed by atoms with E-state index >= 15 is 0 Å². The molecule has 3 N–H and O–H groups in total. The second kappa shape index (κ2) is 13.9. The van der Waals surface area contributed by atoms with Crippen molar-refractivity contribution in [2.75, 3.05) is 12.3 Å². The zero-order chi connectivity index (χ0) is 14.4. The van der Waals surface area contributed by atoms with Crippen molar-refractivity contribution >= 4 is 24.3 Å². The molecule has 1 aromatic rings. The summed E-state index contributed by atoms with van der Waals surface area (Å²) >= 11 is 1.70. The van der Waals surface area contributed by atoms with Crippen LogP contribution < -0.4 is 5.73 Å². The van der Waals surface area contributed by atoms with Gasteiger partial charge in [0.25, 0.3) is 0 Å². The predicted octanol–water partition coefficient (Wildman–Crippen LogP) is 3.62. The molecule has 3 nitrogen and oxygen atoms in total. The lowest BCUT2D eigenvalue weighted by molar-refractivity contribution is 0.101. The number of hydrogen-bond donors (Lipinski definition) is 2. The topological polar surface area (TPSA) is 66.9 Å². The first-order chi connectivity index (χ1) is 8.65. The standard InChI is InChI=1S/C10H13NOS.C3H8.CH3N/c1-8(12)9-2-4-10(5-3-9)13-7-6-11;1-3-2;1-2/h2-5H,6-7,11H2,1H3;3H2,1-2H3;2H,1H2. The van der Waals surface area contributed by atoms with Gasteiger partial charge < -0.3 is 11.1 Å². The van der Waals surface area contributed by atoms with Crippen molar-refractivity contribution < 1.29 is 4.79 Å². The van der Waals surface area contributed by atoms with Crippen LogP contribution in [0.4, 0.5) is 0 Å². The summed E-state index contributed by atoms with van der Waals surface area (Å²) in [5.41, 5.74) is 6.14. The Morgan fingerprint density at radius 2 is 1.72 bits per heavy atom. The number of nitrogens with one attached hydrogen (secondary N) is 1. The number of ketones is 1. The fraction of sp³-hybridized carbons (Fsp3) is 0.429. The predicted molar refractivity (Wildman–Crippen MR) is 82.0 cm³/mol. The summed E-state index contributed by atoms with van der Waals surface area (Å²) < 4.78 is 0. The van der Waals surface area contributed by atoms with Gasteiger partial charge in [-0.1, -0.05) is 32.4 Å². The Morgan fingerprint density at radius 3 is 2.06 bits per heavy atom. The minimum absolute atomic E-state index is 0.107. The van der Waals surface area contributed by atoms with Gasteiger partial charge in [-0.3, -0.25) is 4.79 Å². The first-order valence-electron chi connectivity index (χ1n) is 5.94. The van der Waals surface area contributed by atoms with Crippen molar-refractivity contribution in [2.45, 2.75) is 32.1 Å². The Morgan fingerprint density at radius 1 is 1.28 bits per heavy atom. The molecule has 0 heterocycles. The van der Waals surface area contributed by atoms with Crippen LogP contribution in [0, 0.1) is 5.41 Å². The Kier molecular flexibility index (Phi) is 14.9. The zero-order valence-electron chi connectivity index (χ0n) is 11.5. The van der Waals surface area contributed by atoms with Crippen LogP contribution in [-0.4, -0.2) is 24.8 Å². The summed E-state index contributed by atoms with van der Waals surface area (Å²) in [6, 6.07) is 7.61. The monoisotopic (exact) mass is 268 g/mol. The van der Waals surface area contributed by atoms with Crippen LogP contribution in [0.5, 0.6) is 0 Å². The molecule has 0 fully saturated rings. The zero-order valence-corrected chi connectivity index (χ0v) is 12.3. The number of hydrogen-bond acceptors (Lipinski definition) is 4. The Labute approximate surface area is 115 Å². The van der Waals surface area contributed by atoms with Crippen LogP contribution in [0.2, 0.25) is 0 Å². The fourth-order valence-corrected chi connectivity index (χ4v) is 1.64. The summed E-state index contributed by atoms with van der Waals surface area (Å²) in [4.78, 5) is 12.1. The molecule has 1 rings (SSSR count). The van der Waals surface area contributed by atoms with E-state index in [0.717, 1.165) is 16.2 Å². The van der Waals surface area contributed by atoms with E-state index in [4.69, 9.17) is 11.1 Å². The SMILES string of the molecule is C=N.CC(=O)c1ccc(SCCN)cc1.CCC. The number of nitrogens with two attached hydrogens (primary N) is 1. The maximum atomic E-state index is 10.9. The van der Waals surface area contributed by atoms with Crippen LogP contribution in [-0.2, 0) is 0 Å². The third kappa shape index (κ3) is 10.1. The van der Waals surface area contributed by atoms with Gasteiger partial charge in [-0.05, 0) is 25.8 Å². The highest BCUT2D eigenvalue weighted by Gasteiger charge is 1.98. The molecule has 0 unspecified atom stereocenters. The second-order valence-electron chi connectivity index (χ2n) is 3.42. The third-order valence-corrected chi connectivity index (χ3v) is 2.69. The van der Waals surface area contributed by atoms with Crippen LogP contribution in [0.3, 0.4) is 0 Å². The molecule has 4 heteroatoms. The molecule has 0 aromatic heterocycles. The number of thioether (sulfide) groups is 1. The van der Waals surface area contributed by atoms with Crippen molar-refractivity contribution in [3.05, 3.63) is 29.8 Å². The average molecular weight is 268 g/mol. The second-order valence-corrected chi connectivity index (χ2v) is 4.59. The number of benzene rings is 1. The molecule has 0 aliphatic carbocycles. The molecule has 0 spiro atoms. The first kappa shape index (κ1) is 19.2. The summed E-state index contributed by atoms with van der Waals surface area (Å²) in [7, 11) is 0. The van der Waals surface area contributed by atoms with Gasteiger partial charge in [-0.2, -0.15) is 0 Å². The molecule has 0 bridgehead atoms. The summed E-state index contributed by atoms with van der Waals surface area (Å²) in [6.07, 6.45) is 1.25. The van der Waals surface area contributed by atoms with Crippen molar-refractivity contribution in [1.29, 1.82) is 5.41 Å². The van der Waals surface area contributed by atoms with E-state index in [0.29, 0.717) is 6.54 Å². The van der Waals surface area contributed by atoms with E-state index in [1.54, 1.807) is 18.7 Å². The van der Waals surface area contributed by atoms with E-state index < -0.39 is 0 Å². The van der Waals surface area contributed by atoms with Crippen molar-refractivity contribution in [2.24, 2.45) is 5.73 Å². The van der Waals surface area contributed by atoms with Gasteiger partial charge in [0.15, 0.2) is 5.78 Å². The highest BCUT2D eigenvalue weighted by Crippen LogP contribution is 2.17. The fourth-order valence-electron chi connectivity index (χ4n) is 0.963. The first-order valence-corrected chi connectivity index (χ1v) is 6.93. The molecule has 1 aromatic carbocycles. The van der Waals surface area contributed by atoms with E-state index in [2.05, 4.69) is 20.6 Å². The van der Waals surface area contributed by atoms with Gasteiger partial charge in [0, 0.05) is 22.8 Å². The lowest BCUT2D eigenvalue weighted by Crippen LogP contribution is -2.00. The smallest absolute Gasteiger partial charge is 0.159 e. The van der Waals surface area contributed by atoms with Crippen LogP contribution >= 0.6 is 11.8 Å². The van der Waals surface area contributed by atoms with Gasteiger partial charge in [0.1, 0.15) is 0 Å². The van der Waals surface area contributed by atoms with Gasteiger partial charge >= 0.3 is 0 Å². The Balaban J connectivity index is 0. The van der Waals surface area contributed by atoms with Crippen molar-refractivity contribution in [3.63, 3.8) is 0 Å². The molecular weight excluding hydrogens is 244 g/mol. The van der Waals surface area contributed by atoms with Gasteiger partial charge in [0.2, 0.25) is 0 Å². The summed E-state index contributed by atoms with van der Waals surface area (Å²) in [5, 5.41) is 5.50. The molecule has 0 aliphatic heterocycles. The van der Waals surface area contributed by atoms with Gasteiger partial charge in [-0.25, -0.2) is 0 Å². The number of carbonyl (C=O) groups excluding carboxylic acids is 1. The van der Waals surface area contributed by atoms with Crippen LogP contribution in [0.1, 0.15) is 37.6 Å². The van der Waals surface area contributed by atoms with E-state index in [1.165, 1.54) is 6.42 Å². The molecule has 0 aliphatic rings. The van der Waals surface area contributed by atoms with Crippen molar-refractivity contribution in [3.8, 4) is 0 Å².